The van der Waals surface area contributed by atoms with Gasteiger partial charge in [-0.25, -0.2) is 0 Å². The molecule has 4 nitrogen and oxygen atoms in total. The lowest BCUT2D eigenvalue weighted by Gasteiger charge is -2.14. The molecule has 1 saturated carbocycles. The van der Waals surface area contributed by atoms with Crippen molar-refractivity contribution in [3.05, 3.63) is 59.1 Å². The Labute approximate surface area is 140 Å². The summed E-state index contributed by atoms with van der Waals surface area (Å²) in [7, 11) is 0. The highest BCUT2D eigenvalue weighted by Crippen LogP contribution is 2.30. The van der Waals surface area contributed by atoms with Crippen LogP contribution in [0, 0.1) is 5.92 Å². The van der Waals surface area contributed by atoms with Gasteiger partial charge in [-0.3, -0.25) is 4.79 Å². The number of benzene rings is 2. The lowest BCUT2D eigenvalue weighted by atomic mass is 10.1. The molecule has 120 valence electrons. The van der Waals surface area contributed by atoms with Gasteiger partial charge >= 0.3 is 0 Å². The maximum absolute atomic E-state index is 11.7. The van der Waals surface area contributed by atoms with Crippen molar-refractivity contribution in [1.82, 2.24) is 0 Å². The Morgan fingerprint density at radius 1 is 1.22 bits per heavy atom. The predicted octanol–water partition coefficient (Wildman–Crippen LogP) is 3.80. The van der Waals surface area contributed by atoms with Crippen LogP contribution >= 0.6 is 11.6 Å². The van der Waals surface area contributed by atoms with Crippen LogP contribution < -0.4 is 10.1 Å². The number of rotatable bonds is 6. The lowest BCUT2D eigenvalue weighted by molar-refractivity contribution is -0.117. The van der Waals surface area contributed by atoms with Gasteiger partial charge in [-0.1, -0.05) is 29.8 Å². The SMILES string of the molecule is O=C(Nc1ccc(OCC(O)c2ccccc2Cl)cc1)C1CC1. The van der Waals surface area contributed by atoms with E-state index >= 15 is 0 Å². The number of aliphatic hydroxyl groups excluding tert-OH is 1. The molecule has 1 amide bonds. The van der Waals surface area contributed by atoms with Crippen LogP contribution in [-0.4, -0.2) is 17.6 Å². The minimum atomic E-state index is -0.794. The number of halogens is 1. The highest BCUT2D eigenvalue weighted by atomic mass is 35.5. The summed E-state index contributed by atoms with van der Waals surface area (Å²) < 4.78 is 5.58. The Hall–Kier alpha value is -2.04. The largest absolute Gasteiger partial charge is 0.491 e. The molecule has 23 heavy (non-hydrogen) atoms. The molecule has 1 fully saturated rings. The first-order valence-corrected chi connectivity index (χ1v) is 7.97. The number of carbonyl (C=O) groups excluding carboxylic acids is 1. The van der Waals surface area contributed by atoms with Crippen molar-refractivity contribution < 1.29 is 14.6 Å². The van der Waals surface area contributed by atoms with Gasteiger partial charge in [-0.2, -0.15) is 0 Å². The van der Waals surface area contributed by atoms with E-state index in [1.807, 2.05) is 12.1 Å². The molecule has 0 aromatic heterocycles. The molecule has 0 spiro atoms. The van der Waals surface area contributed by atoms with Gasteiger partial charge in [0.2, 0.25) is 5.91 Å². The van der Waals surface area contributed by atoms with E-state index in [1.54, 1.807) is 36.4 Å². The van der Waals surface area contributed by atoms with Gasteiger partial charge < -0.3 is 15.2 Å². The molecular weight excluding hydrogens is 314 g/mol. The zero-order chi connectivity index (χ0) is 16.2. The van der Waals surface area contributed by atoms with Crippen molar-refractivity contribution in [2.24, 2.45) is 5.92 Å². The van der Waals surface area contributed by atoms with E-state index in [-0.39, 0.29) is 18.4 Å². The number of ether oxygens (including phenoxy) is 1. The van der Waals surface area contributed by atoms with E-state index < -0.39 is 6.10 Å². The summed E-state index contributed by atoms with van der Waals surface area (Å²) >= 11 is 6.04. The molecule has 1 atom stereocenters. The molecule has 3 rings (SSSR count). The first kappa shape index (κ1) is 15.8. The molecule has 0 heterocycles. The predicted molar refractivity (Wildman–Crippen MR) is 89.7 cm³/mol. The third-order valence-corrected chi connectivity index (χ3v) is 4.09. The number of amides is 1. The zero-order valence-electron chi connectivity index (χ0n) is 12.5. The van der Waals surface area contributed by atoms with Gasteiger partial charge in [-0.15, -0.1) is 0 Å². The number of hydrogen-bond acceptors (Lipinski definition) is 3. The van der Waals surface area contributed by atoms with Crippen molar-refractivity contribution in [2.45, 2.75) is 18.9 Å². The van der Waals surface area contributed by atoms with Crippen molar-refractivity contribution >= 4 is 23.2 Å². The summed E-state index contributed by atoms with van der Waals surface area (Å²) in [4.78, 5) is 11.7. The van der Waals surface area contributed by atoms with Crippen molar-refractivity contribution in [3.63, 3.8) is 0 Å². The molecular formula is C18H18ClNO3. The van der Waals surface area contributed by atoms with Crippen LogP contribution in [0.2, 0.25) is 5.02 Å². The maximum atomic E-state index is 11.7. The first-order valence-electron chi connectivity index (χ1n) is 7.59. The Bertz CT molecular complexity index is 683. The molecule has 1 aliphatic rings. The van der Waals surface area contributed by atoms with E-state index in [0.29, 0.717) is 16.3 Å². The van der Waals surface area contributed by atoms with Crippen LogP contribution in [0.4, 0.5) is 5.69 Å². The van der Waals surface area contributed by atoms with Crippen LogP contribution in [0.5, 0.6) is 5.75 Å². The number of hydrogen-bond donors (Lipinski definition) is 2. The second kappa shape index (κ2) is 7.02. The van der Waals surface area contributed by atoms with Gasteiger partial charge in [0.15, 0.2) is 0 Å². The minimum Gasteiger partial charge on any atom is -0.491 e. The lowest BCUT2D eigenvalue weighted by Crippen LogP contribution is -2.13. The second-order valence-corrected chi connectivity index (χ2v) is 6.04. The summed E-state index contributed by atoms with van der Waals surface area (Å²) in [6.45, 7) is 0.109. The van der Waals surface area contributed by atoms with Gasteiger partial charge in [0, 0.05) is 22.2 Å². The fraction of sp³-hybridized carbons (Fsp3) is 0.278. The van der Waals surface area contributed by atoms with Gasteiger partial charge in [0.05, 0.1) is 0 Å². The number of carbonyl (C=O) groups is 1. The van der Waals surface area contributed by atoms with Crippen LogP contribution in [0.25, 0.3) is 0 Å². The maximum Gasteiger partial charge on any atom is 0.227 e. The number of aliphatic hydroxyl groups is 1. The fourth-order valence-electron chi connectivity index (χ4n) is 2.23. The second-order valence-electron chi connectivity index (χ2n) is 5.64. The molecule has 1 aliphatic carbocycles. The van der Waals surface area contributed by atoms with Crippen molar-refractivity contribution in [2.75, 3.05) is 11.9 Å². The molecule has 0 bridgehead atoms. The summed E-state index contributed by atoms with van der Waals surface area (Å²) in [6, 6.07) is 14.2. The van der Waals surface area contributed by atoms with E-state index in [4.69, 9.17) is 16.3 Å². The van der Waals surface area contributed by atoms with E-state index in [0.717, 1.165) is 18.5 Å². The third kappa shape index (κ3) is 4.24. The summed E-state index contributed by atoms with van der Waals surface area (Å²) in [5.41, 5.74) is 1.39. The Balaban J connectivity index is 1.54. The van der Waals surface area contributed by atoms with E-state index in [2.05, 4.69) is 5.32 Å². The van der Waals surface area contributed by atoms with E-state index in [9.17, 15) is 9.90 Å². The Kier molecular flexibility index (Phi) is 4.84. The third-order valence-electron chi connectivity index (χ3n) is 3.74. The zero-order valence-corrected chi connectivity index (χ0v) is 13.3. The molecule has 0 radical (unpaired) electrons. The minimum absolute atomic E-state index is 0.0767. The first-order chi connectivity index (χ1) is 11.1. The van der Waals surface area contributed by atoms with Crippen molar-refractivity contribution in [1.29, 1.82) is 0 Å². The average molecular weight is 332 g/mol. The average Bonchev–Trinajstić information content (AvgIpc) is 3.39. The Morgan fingerprint density at radius 2 is 1.91 bits per heavy atom. The molecule has 2 aromatic carbocycles. The van der Waals surface area contributed by atoms with Crippen LogP contribution in [0.15, 0.2) is 48.5 Å². The molecule has 1 unspecified atom stereocenters. The number of anilines is 1. The molecule has 5 heteroatoms. The highest BCUT2D eigenvalue weighted by Gasteiger charge is 2.29. The normalized spacial score (nSPS) is 15.0. The van der Waals surface area contributed by atoms with E-state index in [1.165, 1.54) is 0 Å². The Morgan fingerprint density at radius 3 is 2.57 bits per heavy atom. The standard InChI is InChI=1S/C18H18ClNO3/c19-16-4-2-1-3-15(16)17(21)11-23-14-9-7-13(8-10-14)20-18(22)12-5-6-12/h1-4,7-10,12,17,21H,5-6,11H2,(H,20,22). The summed E-state index contributed by atoms with van der Waals surface area (Å²) in [5, 5.41) is 13.5. The fourth-order valence-corrected chi connectivity index (χ4v) is 2.50. The molecule has 0 aliphatic heterocycles. The topological polar surface area (TPSA) is 58.6 Å². The van der Waals surface area contributed by atoms with Crippen LogP contribution in [-0.2, 0) is 4.79 Å². The smallest absolute Gasteiger partial charge is 0.227 e. The molecule has 2 N–H and O–H groups in total. The van der Waals surface area contributed by atoms with Gasteiger partial charge in [0.1, 0.15) is 18.5 Å². The molecule has 0 saturated heterocycles. The highest BCUT2D eigenvalue weighted by molar-refractivity contribution is 6.31. The summed E-state index contributed by atoms with van der Waals surface area (Å²) in [6.07, 6.45) is 1.16. The van der Waals surface area contributed by atoms with Crippen LogP contribution in [0.3, 0.4) is 0 Å². The molecule has 2 aromatic rings. The quantitative estimate of drug-likeness (QED) is 0.846. The summed E-state index contributed by atoms with van der Waals surface area (Å²) in [5.74, 6) is 0.880. The monoisotopic (exact) mass is 331 g/mol. The number of nitrogens with one attached hydrogen (secondary N) is 1. The van der Waals surface area contributed by atoms with Crippen LogP contribution in [0.1, 0.15) is 24.5 Å². The van der Waals surface area contributed by atoms with Crippen molar-refractivity contribution in [3.8, 4) is 5.75 Å². The van der Waals surface area contributed by atoms with Gasteiger partial charge in [0.25, 0.3) is 0 Å². The van der Waals surface area contributed by atoms with Gasteiger partial charge in [-0.05, 0) is 43.2 Å².